The van der Waals surface area contributed by atoms with Crippen LogP contribution in [0.5, 0.6) is 0 Å². The molecule has 1 aliphatic carbocycles. The molecule has 0 aromatic heterocycles. The Bertz CT molecular complexity index is 183. The van der Waals surface area contributed by atoms with E-state index in [9.17, 15) is 5.11 Å². The van der Waals surface area contributed by atoms with Crippen LogP contribution in [0.3, 0.4) is 0 Å². The van der Waals surface area contributed by atoms with Gasteiger partial charge < -0.3 is 10.4 Å². The van der Waals surface area contributed by atoms with E-state index in [4.69, 9.17) is 0 Å². The fourth-order valence-corrected chi connectivity index (χ4v) is 1.98. The van der Waals surface area contributed by atoms with Gasteiger partial charge in [0.1, 0.15) is 0 Å². The largest absolute Gasteiger partial charge is 0.389 e. The van der Waals surface area contributed by atoms with E-state index < -0.39 is 5.60 Å². The summed E-state index contributed by atoms with van der Waals surface area (Å²) in [5, 5.41) is 13.5. The van der Waals surface area contributed by atoms with Crippen molar-refractivity contribution in [3.63, 3.8) is 0 Å². The van der Waals surface area contributed by atoms with Gasteiger partial charge in [0.2, 0.25) is 0 Å². The molecular formula is C12H23NO. The predicted octanol–water partition coefficient (Wildman–Crippen LogP) is 2.24. The van der Waals surface area contributed by atoms with Crippen LogP contribution >= 0.6 is 0 Å². The molecule has 0 saturated heterocycles. The average molecular weight is 197 g/mol. The van der Waals surface area contributed by atoms with Crippen LogP contribution in [0, 0.1) is 0 Å². The highest BCUT2D eigenvalue weighted by Gasteiger charge is 2.28. The van der Waals surface area contributed by atoms with Crippen molar-refractivity contribution in [2.45, 2.75) is 51.0 Å². The third-order valence-corrected chi connectivity index (χ3v) is 3.11. The zero-order valence-electron chi connectivity index (χ0n) is 9.31. The summed E-state index contributed by atoms with van der Waals surface area (Å²) in [5.41, 5.74) is 0.774. The maximum Gasteiger partial charge on any atom is 0.0771 e. The molecule has 1 aliphatic rings. The predicted molar refractivity (Wildman–Crippen MR) is 60.3 cm³/mol. The second kappa shape index (κ2) is 5.52. The average Bonchev–Trinajstić information content (AvgIpc) is 2.18. The van der Waals surface area contributed by atoms with Crippen molar-refractivity contribution in [2.24, 2.45) is 0 Å². The lowest BCUT2D eigenvalue weighted by molar-refractivity contribution is 0.00560. The fourth-order valence-electron chi connectivity index (χ4n) is 1.98. The van der Waals surface area contributed by atoms with E-state index in [1.54, 1.807) is 0 Å². The molecule has 0 spiro atoms. The molecule has 2 heteroatoms. The lowest BCUT2D eigenvalue weighted by Gasteiger charge is -2.32. The molecule has 0 bridgehead atoms. The van der Waals surface area contributed by atoms with Gasteiger partial charge in [0, 0.05) is 13.1 Å². The molecule has 14 heavy (non-hydrogen) atoms. The monoisotopic (exact) mass is 197 g/mol. The molecule has 0 radical (unpaired) electrons. The van der Waals surface area contributed by atoms with Gasteiger partial charge in [0.05, 0.1) is 5.60 Å². The Morgan fingerprint density at radius 2 is 2.00 bits per heavy atom. The minimum atomic E-state index is -0.438. The SMILES string of the molecule is C=C(CC)CNCC1(O)CCCCC1. The van der Waals surface area contributed by atoms with Crippen LogP contribution in [0.1, 0.15) is 45.4 Å². The molecule has 0 heterocycles. The Morgan fingerprint density at radius 3 is 2.57 bits per heavy atom. The molecule has 2 nitrogen and oxygen atoms in total. The number of hydrogen-bond acceptors (Lipinski definition) is 2. The van der Waals surface area contributed by atoms with Gasteiger partial charge >= 0.3 is 0 Å². The minimum Gasteiger partial charge on any atom is -0.389 e. The van der Waals surface area contributed by atoms with Gasteiger partial charge in [-0.05, 0) is 19.3 Å². The molecule has 0 aromatic rings. The standard InChI is InChI=1S/C12H23NO/c1-3-11(2)9-13-10-12(14)7-5-4-6-8-12/h13-14H,2-10H2,1H3. The third-order valence-electron chi connectivity index (χ3n) is 3.11. The molecular weight excluding hydrogens is 174 g/mol. The first-order valence-electron chi connectivity index (χ1n) is 5.76. The Morgan fingerprint density at radius 1 is 1.36 bits per heavy atom. The van der Waals surface area contributed by atoms with E-state index in [-0.39, 0.29) is 0 Å². The van der Waals surface area contributed by atoms with E-state index in [1.807, 2.05) is 0 Å². The van der Waals surface area contributed by atoms with Gasteiger partial charge in [-0.2, -0.15) is 0 Å². The smallest absolute Gasteiger partial charge is 0.0771 e. The summed E-state index contributed by atoms with van der Waals surface area (Å²) < 4.78 is 0. The lowest BCUT2D eigenvalue weighted by atomic mass is 9.85. The van der Waals surface area contributed by atoms with Crippen LogP contribution in [0.25, 0.3) is 0 Å². The summed E-state index contributed by atoms with van der Waals surface area (Å²) >= 11 is 0. The highest BCUT2D eigenvalue weighted by molar-refractivity contribution is 4.96. The summed E-state index contributed by atoms with van der Waals surface area (Å²) in [4.78, 5) is 0. The Balaban J connectivity index is 2.18. The van der Waals surface area contributed by atoms with Crippen LogP contribution in [0.15, 0.2) is 12.2 Å². The summed E-state index contributed by atoms with van der Waals surface area (Å²) in [5.74, 6) is 0. The molecule has 0 unspecified atom stereocenters. The molecule has 82 valence electrons. The van der Waals surface area contributed by atoms with Gasteiger partial charge in [-0.3, -0.25) is 0 Å². The second-order valence-electron chi connectivity index (χ2n) is 4.49. The normalized spacial score (nSPS) is 20.7. The first-order valence-corrected chi connectivity index (χ1v) is 5.76. The summed E-state index contributed by atoms with van der Waals surface area (Å²) in [6, 6.07) is 0. The summed E-state index contributed by atoms with van der Waals surface area (Å²) in [6.45, 7) is 7.62. The second-order valence-corrected chi connectivity index (χ2v) is 4.49. The highest BCUT2D eigenvalue weighted by atomic mass is 16.3. The van der Waals surface area contributed by atoms with E-state index in [1.165, 1.54) is 24.8 Å². The lowest BCUT2D eigenvalue weighted by Crippen LogP contribution is -2.42. The van der Waals surface area contributed by atoms with Crippen LogP contribution in [0.4, 0.5) is 0 Å². The van der Waals surface area contributed by atoms with Crippen molar-refractivity contribution >= 4 is 0 Å². The Hall–Kier alpha value is -0.340. The number of rotatable bonds is 5. The number of aliphatic hydroxyl groups is 1. The van der Waals surface area contributed by atoms with Crippen molar-refractivity contribution in [3.8, 4) is 0 Å². The fraction of sp³-hybridized carbons (Fsp3) is 0.833. The first kappa shape index (κ1) is 11.7. The molecule has 0 aliphatic heterocycles. The topological polar surface area (TPSA) is 32.3 Å². The Labute approximate surface area is 87.4 Å². The molecule has 0 aromatic carbocycles. The Kier molecular flexibility index (Phi) is 4.63. The third kappa shape index (κ3) is 3.81. The van der Waals surface area contributed by atoms with Crippen LogP contribution < -0.4 is 5.32 Å². The van der Waals surface area contributed by atoms with Crippen LogP contribution in [-0.4, -0.2) is 23.8 Å². The van der Waals surface area contributed by atoms with Crippen molar-refractivity contribution in [2.75, 3.05) is 13.1 Å². The molecule has 0 amide bonds. The summed E-state index contributed by atoms with van der Waals surface area (Å²) in [6.07, 6.45) is 6.56. The maximum absolute atomic E-state index is 10.2. The first-order chi connectivity index (χ1) is 6.66. The number of hydrogen-bond donors (Lipinski definition) is 2. The number of nitrogens with one attached hydrogen (secondary N) is 1. The zero-order valence-corrected chi connectivity index (χ0v) is 9.31. The van der Waals surface area contributed by atoms with E-state index in [2.05, 4.69) is 18.8 Å². The maximum atomic E-state index is 10.2. The highest BCUT2D eigenvalue weighted by Crippen LogP contribution is 2.27. The molecule has 1 fully saturated rings. The minimum absolute atomic E-state index is 0.438. The molecule has 0 atom stereocenters. The van der Waals surface area contributed by atoms with Crippen molar-refractivity contribution in [3.05, 3.63) is 12.2 Å². The molecule has 1 saturated carbocycles. The quantitative estimate of drug-likeness (QED) is 0.662. The summed E-state index contributed by atoms with van der Waals surface area (Å²) in [7, 11) is 0. The van der Waals surface area contributed by atoms with Crippen LogP contribution in [-0.2, 0) is 0 Å². The van der Waals surface area contributed by atoms with E-state index in [0.29, 0.717) is 0 Å². The van der Waals surface area contributed by atoms with E-state index in [0.717, 1.165) is 32.4 Å². The van der Waals surface area contributed by atoms with Gasteiger partial charge in [0.15, 0.2) is 0 Å². The van der Waals surface area contributed by atoms with Gasteiger partial charge in [-0.25, -0.2) is 0 Å². The van der Waals surface area contributed by atoms with Gasteiger partial charge in [-0.15, -0.1) is 0 Å². The van der Waals surface area contributed by atoms with Crippen molar-refractivity contribution < 1.29 is 5.11 Å². The van der Waals surface area contributed by atoms with Gasteiger partial charge in [0.25, 0.3) is 0 Å². The van der Waals surface area contributed by atoms with Crippen LogP contribution in [0.2, 0.25) is 0 Å². The van der Waals surface area contributed by atoms with Crippen molar-refractivity contribution in [1.82, 2.24) is 5.32 Å². The van der Waals surface area contributed by atoms with Crippen molar-refractivity contribution in [1.29, 1.82) is 0 Å². The molecule has 2 N–H and O–H groups in total. The molecule has 1 rings (SSSR count). The van der Waals surface area contributed by atoms with E-state index >= 15 is 0 Å². The van der Waals surface area contributed by atoms with Gasteiger partial charge in [-0.1, -0.05) is 38.3 Å². The zero-order chi connectivity index (χ0) is 10.4.